The molecule has 0 aliphatic heterocycles. The van der Waals surface area contributed by atoms with Crippen molar-refractivity contribution >= 4 is 23.4 Å². The van der Waals surface area contributed by atoms with Gasteiger partial charge < -0.3 is 5.32 Å². The van der Waals surface area contributed by atoms with Crippen molar-refractivity contribution < 1.29 is 0 Å². The van der Waals surface area contributed by atoms with Gasteiger partial charge in [-0.1, -0.05) is 30.7 Å². The number of hydrogen-bond acceptors (Lipinski definition) is 2. The van der Waals surface area contributed by atoms with Crippen LogP contribution in [0.4, 0.5) is 0 Å². The third-order valence-corrected chi connectivity index (χ3v) is 3.63. The van der Waals surface area contributed by atoms with E-state index in [1.54, 1.807) is 0 Å². The molecule has 0 saturated heterocycles. The van der Waals surface area contributed by atoms with Crippen LogP contribution in [0.15, 0.2) is 23.1 Å². The lowest BCUT2D eigenvalue weighted by atomic mass is 10.1. The Morgan fingerprint density at radius 3 is 2.56 bits per heavy atom. The van der Waals surface area contributed by atoms with Gasteiger partial charge in [0.1, 0.15) is 0 Å². The van der Waals surface area contributed by atoms with E-state index in [-0.39, 0.29) is 5.54 Å². The molecule has 0 aliphatic carbocycles. The van der Waals surface area contributed by atoms with Crippen molar-refractivity contribution in [3.63, 3.8) is 0 Å². The molecule has 0 atom stereocenters. The largest absolute Gasteiger partial charge is 0.308 e. The second-order valence-electron chi connectivity index (χ2n) is 4.76. The van der Waals surface area contributed by atoms with E-state index in [0.29, 0.717) is 0 Å². The van der Waals surface area contributed by atoms with E-state index in [0.717, 1.165) is 17.3 Å². The second-order valence-corrected chi connectivity index (χ2v) is 6.45. The Bertz CT molecular complexity index is 344. The van der Waals surface area contributed by atoms with E-state index in [1.807, 2.05) is 23.9 Å². The fourth-order valence-electron chi connectivity index (χ4n) is 1.36. The van der Waals surface area contributed by atoms with Gasteiger partial charge >= 0.3 is 0 Å². The summed E-state index contributed by atoms with van der Waals surface area (Å²) in [6.07, 6.45) is 0. The van der Waals surface area contributed by atoms with E-state index in [9.17, 15) is 0 Å². The molecule has 1 aromatic rings. The second kappa shape index (κ2) is 5.95. The molecule has 1 N–H and O–H groups in total. The van der Waals surface area contributed by atoms with E-state index in [1.165, 1.54) is 10.5 Å². The van der Waals surface area contributed by atoms with Crippen LogP contribution in [0.3, 0.4) is 0 Å². The highest BCUT2D eigenvalue weighted by Gasteiger charge is 2.11. The topological polar surface area (TPSA) is 12.0 Å². The van der Waals surface area contributed by atoms with E-state index in [2.05, 4.69) is 39.1 Å². The van der Waals surface area contributed by atoms with Crippen LogP contribution in [0, 0.1) is 0 Å². The summed E-state index contributed by atoms with van der Waals surface area (Å²) >= 11 is 8.02. The molecule has 0 radical (unpaired) electrons. The zero-order valence-corrected chi connectivity index (χ0v) is 12.0. The number of nitrogens with one attached hydrogen (secondary N) is 1. The highest BCUT2D eigenvalue weighted by Crippen LogP contribution is 2.30. The fourth-order valence-corrected chi connectivity index (χ4v) is 2.54. The Morgan fingerprint density at radius 1 is 1.31 bits per heavy atom. The lowest BCUT2D eigenvalue weighted by Gasteiger charge is -2.21. The number of hydrogen-bond donors (Lipinski definition) is 1. The quantitative estimate of drug-likeness (QED) is 0.806. The Labute approximate surface area is 108 Å². The average molecular weight is 258 g/mol. The number of thioether (sulfide) groups is 1. The molecule has 0 bridgehead atoms. The van der Waals surface area contributed by atoms with Crippen LogP contribution >= 0.6 is 23.4 Å². The minimum absolute atomic E-state index is 0.135. The van der Waals surface area contributed by atoms with Gasteiger partial charge in [0.25, 0.3) is 0 Å². The van der Waals surface area contributed by atoms with Gasteiger partial charge in [-0.05, 0) is 38.2 Å². The lowest BCUT2D eigenvalue weighted by molar-refractivity contribution is 0.422. The summed E-state index contributed by atoms with van der Waals surface area (Å²) in [7, 11) is 0. The van der Waals surface area contributed by atoms with E-state index in [4.69, 9.17) is 11.6 Å². The van der Waals surface area contributed by atoms with Crippen molar-refractivity contribution in [2.45, 2.75) is 44.7 Å². The van der Waals surface area contributed by atoms with Gasteiger partial charge in [-0.25, -0.2) is 0 Å². The van der Waals surface area contributed by atoms with Gasteiger partial charge in [-0.3, -0.25) is 0 Å². The number of halogens is 1. The highest BCUT2D eigenvalue weighted by atomic mass is 35.5. The van der Waals surface area contributed by atoms with Crippen molar-refractivity contribution in [1.29, 1.82) is 0 Å². The summed E-state index contributed by atoms with van der Waals surface area (Å²) in [6, 6.07) is 6.12. The van der Waals surface area contributed by atoms with Crippen LogP contribution in [-0.4, -0.2) is 11.3 Å². The first-order valence-electron chi connectivity index (χ1n) is 5.59. The number of benzene rings is 1. The lowest BCUT2D eigenvalue weighted by Crippen LogP contribution is -2.35. The summed E-state index contributed by atoms with van der Waals surface area (Å²) in [4.78, 5) is 1.21. The van der Waals surface area contributed by atoms with Crippen LogP contribution in [0.5, 0.6) is 0 Å². The van der Waals surface area contributed by atoms with Crippen LogP contribution < -0.4 is 5.32 Å². The normalized spacial score (nSPS) is 11.8. The van der Waals surface area contributed by atoms with Gasteiger partial charge in [0, 0.05) is 17.0 Å². The maximum absolute atomic E-state index is 6.21. The summed E-state index contributed by atoms with van der Waals surface area (Å²) in [6.45, 7) is 9.53. The Hall–Kier alpha value is -0.180. The van der Waals surface area contributed by atoms with Gasteiger partial charge in [-0.15, -0.1) is 11.8 Å². The molecule has 1 rings (SSSR count). The first kappa shape index (κ1) is 13.9. The maximum atomic E-state index is 6.21. The predicted molar refractivity (Wildman–Crippen MR) is 74.4 cm³/mol. The average Bonchev–Trinajstić information content (AvgIpc) is 2.18. The molecule has 1 nitrogen and oxygen atoms in total. The third kappa shape index (κ3) is 4.36. The minimum Gasteiger partial charge on any atom is -0.308 e. The van der Waals surface area contributed by atoms with Crippen molar-refractivity contribution in [2.75, 3.05) is 5.75 Å². The Balaban J connectivity index is 2.82. The van der Waals surface area contributed by atoms with Crippen LogP contribution in [0.1, 0.15) is 33.3 Å². The molecule has 0 saturated carbocycles. The smallest absolute Gasteiger partial charge is 0.0545 e. The van der Waals surface area contributed by atoms with Gasteiger partial charge in [0.2, 0.25) is 0 Å². The van der Waals surface area contributed by atoms with Gasteiger partial charge in [0.15, 0.2) is 0 Å². The molecule has 0 amide bonds. The molecule has 0 aliphatic rings. The molecule has 0 fully saturated rings. The SMILES string of the molecule is CCSc1c(Cl)cccc1CNC(C)(C)C. The fraction of sp³-hybridized carbons (Fsp3) is 0.538. The Morgan fingerprint density at radius 2 is 2.00 bits per heavy atom. The predicted octanol–water partition coefficient (Wildman–Crippen LogP) is 4.34. The monoisotopic (exact) mass is 257 g/mol. The molecular weight excluding hydrogens is 238 g/mol. The standard InChI is InChI=1S/C13H20ClNS/c1-5-16-12-10(7-6-8-11(12)14)9-15-13(2,3)4/h6-8,15H,5,9H2,1-4H3. The summed E-state index contributed by atoms with van der Waals surface area (Å²) in [5, 5.41) is 4.35. The van der Waals surface area contributed by atoms with Crippen molar-refractivity contribution in [3.8, 4) is 0 Å². The van der Waals surface area contributed by atoms with Crippen molar-refractivity contribution in [3.05, 3.63) is 28.8 Å². The first-order chi connectivity index (χ1) is 7.44. The zero-order valence-electron chi connectivity index (χ0n) is 10.4. The third-order valence-electron chi connectivity index (χ3n) is 2.15. The van der Waals surface area contributed by atoms with Gasteiger partial charge in [0.05, 0.1) is 5.02 Å². The molecule has 90 valence electrons. The molecule has 0 spiro atoms. The molecular formula is C13H20ClNS. The van der Waals surface area contributed by atoms with Crippen molar-refractivity contribution in [1.82, 2.24) is 5.32 Å². The minimum atomic E-state index is 0.135. The van der Waals surface area contributed by atoms with Gasteiger partial charge in [-0.2, -0.15) is 0 Å². The summed E-state index contributed by atoms with van der Waals surface area (Å²) in [5.74, 6) is 1.05. The van der Waals surface area contributed by atoms with Crippen LogP contribution in [-0.2, 0) is 6.54 Å². The van der Waals surface area contributed by atoms with E-state index < -0.39 is 0 Å². The first-order valence-corrected chi connectivity index (χ1v) is 6.95. The highest BCUT2D eigenvalue weighted by molar-refractivity contribution is 7.99. The van der Waals surface area contributed by atoms with Crippen LogP contribution in [0.25, 0.3) is 0 Å². The molecule has 3 heteroatoms. The molecule has 16 heavy (non-hydrogen) atoms. The Kier molecular flexibility index (Phi) is 5.16. The summed E-state index contributed by atoms with van der Waals surface area (Å²) < 4.78 is 0. The zero-order chi connectivity index (χ0) is 12.2. The summed E-state index contributed by atoms with van der Waals surface area (Å²) in [5.41, 5.74) is 1.42. The molecule has 0 unspecified atom stereocenters. The molecule has 0 aromatic heterocycles. The molecule has 1 aromatic carbocycles. The number of rotatable bonds is 4. The van der Waals surface area contributed by atoms with Crippen molar-refractivity contribution in [2.24, 2.45) is 0 Å². The molecule has 0 heterocycles. The van der Waals surface area contributed by atoms with Crippen LogP contribution in [0.2, 0.25) is 5.02 Å². The maximum Gasteiger partial charge on any atom is 0.0545 e. The van der Waals surface area contributed by atoms with E-state index >= 15 is 0 Å².